The van der Waals surface area contributed by atoms with Crippen molar-refractivity contribution in [3.63, 3.8) is 0 Å². The Labute approximate surface area is 207 Å². The van der Waals surface area contributed by atoms with E-state index in [1.54, 1.807) is 10.9 Å². The largest absolute Gasteiger partial charge is 0.368 e. The van der Waals surface area contributed by atoms with Crippen LogP contribution in [0, 0.1) is 6.92 Å². The van der Waals surface area contributed by atoms with Crippen molar-refractivity contribution in [1.82, 2.24) is 14.5 Å². The van der Waals surface area contributed by atoms with E-state index in [0.29, 0.717) is 30.0 Å². The number of piperazine rings is 1. The summed E-state index contributed by atoms with van der Waals surface area (Å²) in [6.45, 7) is 5.18. The molecule has 0 N–H and O–H groups in total. The summed E-state index contributed by atoms with van der Waals surface area (Å²) in [4.78, 5) is 35.4. The number of amides is 1. The van der Waals surface area contributed by atoms with Gasteiger partial charge in [0, 0.05) is 60.8 Å². The molecule has 0 unspecified atom stereocenters. The van der Waals surface area contributed by atoms with Gasteiger partial charge in [0.2, 0.25) is 5.91 Å². The maximum atomic E-state index is 13.3. The molecule has 6 nitrogen and oxygen atoms in total. The monoisotopic (exact) mass is 492 g/mol. The molecule has 0 spiro atoms. The smallest absolute Gasteiger partial charge is 0.262 e. The molecule has 2 aromatic carbocycles. The molecule has 1 saturated heterocycles. The highest BCUT2D eigenvalue weighted by Gasteiger charge is 2.22. The van der Waals surface area contributed by atoms with Gasteiger partial charge in [0.25, 0.3) is 5.56 Å². The molecule has 0 saturated carbocycles. The molecule has 2 aromatic heterocycles. The van der Waals surface area contributed by atoms with Crippen LogP contribution in [-0.2, 0) is 11.3 Å². The van der Waals surface area contributed by atoms with E-state index in [9.17, 15) is 9.59 Å². The number of nitrogens with zero attached hydrogens (tertiary/aromatic N) is 4. The second kappa shape index (κ2) is 9.60. The molecule has 0 atom stereocenters. The standard InChI is InChI=1S/C26H25ClN4O2S/c1-18-5-7-19(8-6-18)22-16-34-25-24(22)26(33)31(17-28-25)10-9-23(32)30-13-11-29(12-14-30)21-4-2-3-20(27)15-21/h2-8,15-17H,9-14H2,1H3. The Bertz CT molecular complexity index is 1390. The number of hydrogen-bond acceptors (Lipinski definition) is 5. The summed E-state index contributed by atoms with van der Waals surface area (Å²) in [5.74, 6) is 0.0572. The number of aromatic nitrogens is 2. The first kappa shape index (κ1) is 22.6. The maximum Gasteiger partial charge on any atom is 0.262 e. The van der Waals surface area contributed by atoms with Crippen LogP contribution in [0.5, 0.6) is 0 Å². The van der Waals surface area contributed by atoms with Gasteiger partial charge in [0.1, 0.15) is 4.83 Å². The van der Waals surface area contributed by atoms with Crippen molar-refractivity contribution >= 4 is 44.7 Å². The van der Waals surface area contributed by atoms with E-state index >= 15 is 0 Å². The Morgan fingerprint density at radius 2 is 1.85 bits per heavy atom. The molecule has 4 aromatic rings. The van der Waals surface area contributed by atoms with Crippen molar-refractivity contribution in [1.29, 1.82) is 0 Å². The molecule has 34 heavy (non-hydrogen) atoms. The van der Waals surface area contributed by atoms with Crippen LogP contribution in [0.1, 0.15) is 12.0 Å². The Kier molecular flexibility index (Phi) is 6.39. The number of aryl methyl sites for hydroxylation is 2. The fourth-order valence-corrected chi connectivity index (χ4v) is 5.42. The molecule has 1 amide bonds. The van der Waals surface area contributed by atoms with Crippen LogP contribution in [0.2, 0.25) is 5.02 Å². The minimum Gasteiger partial charge on any atom is -0.368 e. The van der Waals surface area contributed by atoms with Crippen LogP contribution in [0.15, 0.2) is 65.0 Å². The maximum absolute atomic E-state index is 13.3. The molecule has 1 fully saturated rings. The van der Waals surface area contributed by atoms with E-state index in [2.05, 4.69) is 9.88 Å². The Hall–Kier alpha value is -3.16. The fraction of sp³-hybridized carbons (Fsp3) is 0.269. The van der Waals surface area contributed by atoms with E-state index in [4.69, 9.17) is 11.6 Å². The summed E-state index contributed by atoms with van der Waals surface area (Å²) in [5.41, 5.74) is 4.05. The van der Waals surface area contributed by atoms with Crippen molar-refractivity contribution in [3.8, 4) is 11.1 Å². The number of fused-ring (bicyclic) bond motifs is 1. The third-order valence-electron chi connectivity index (χ3n) is 6.30. The Morgan fingerprint density at radius 1 is 1.09 bits per heavy atom. The van der Waals surface area contributed by atoms with E-state index in [1.807, 2.05) is 65.7 Å². The predicted molar refractivity (Wildman–Crippen MR) is 139 cm³/mol. The lowest BCUT2D eigenvalue weighted by molar-refractivity contribution is -0.131. The summed E-state index contributed by atoms with van der Waals surface area (Å²) in [7, 11) is 0. The summed E-state index contributed by atoms with van der Waals surface area (Å²) < 4.78 is 1.56. The van der Waals surface area contributed by atoms with Gasteiger partial charge in [-0.2, -0.15) is 0 Å². The van der Waals surface area contributed by atoms with E-state index in [1.165, 1.54) is 16.9 Å². The summed E-state index contributed by atoms with van der Waals surface area (Å²) in [5, 5.41) is 3.32. The molecule has 8 heteroatoms. The van der Waals surface area contributed by atoms with Crippen LogP contribution in [0.25, 0.3) is 21.3 Å². The highest BCUT2D eigenvalue weighted by Crippen LogP contribution is 2.30. The average molecular weight is 493 g/mol. The predicted octanol–water partition coefficient (Wildman–Crippen LogP) is 4.83. The van der Waals surface area contributed by atoms with Gasteiger partial charge in [-0.05, 0) is 30.7 Å². The van der Waals surface area contributed by atoms with Crippen molar-refractivity contribution in [2.75, 3.05) is 31.1 Å². The number of carbonyl (C=O) groups is 1. The van der Waals surface area contributed by atoms with Crippen LogP contribution in [0.3, 0.4) is 0 Å². The third kappa shape index (κ3) is 4.58. The molecule has 0 radical (unpaired) electrons. The lowest BCUT2D eigenvalue weighted by Crippen LogP contribution is -2.49. The summed E-state index contributed by atoms with van der Waals surface area (Å²) in [6.07, 6.45) is 1.83. The zero-order valence-corrected chi connectivity index (χ0v) is 20.5. The first-order valence-corrected chi connectivity index (χ1v) is 12.6. The van der Waals surface area contributed by atoms with Crippen LogP contribution in [0.4, 0.5) is 5.69 Å². The number of anilines is 1. The Balaban J connectivity index is 1.26. The highest BCUT2D eigenvalue weighted by atomic mass is 35.5. The van der Waals surface area contributed by atoms with Gasteiger partial charge in [-0.1, -0.05) is 47.5 Å². The zero-order chi connectivity index (χ0) is 23.7. The molecule has 0 aliphatic carbocycles. The normalized spacial score (nSPS) is 14.1. The minimum atomic E-state index is -0.0969. The van der Waals surface area contributed by atoms with Gasteiger partial charge in [-0.15, -0.1) is 11.3 Å². The summed E-state index contributed by atoms with van der Waals surface area (Å²) >= 11 is 7.58. The second-order valence-corrected chi connectivity index (χ2v) is 9.83. The van der Waals surface area contributed by atoms with Crippen LogP contribution >= 0.6 is 22.9 Å². The van der Waals surface area contributed by atoms with Gasteiger partial charge < -0.3 is 9.80 Å². The number of thiophene rings is 1. The van der Waals surface area contributed by atoms with Crippen molar-refractivity contribution in [2.45, 2.75) is 19.9 Å². The number of rotatable bonds is 5. The van der Waals surface area contributed by atoms with Crippen LogP contribution in [-0.4, -0.2) is 46.5 Å². The first-order valence-electron chi connectivity index (χ1n) is 11.3. The zero-order valence-electron chi connectivity index (χ0n) is 18.9. The number of hydrogen-bond donors (Lipinski definition) is 0. The lowest BCUT2D eigenvalue weighted by atomic mass is 10.1. The minimum absolute atomic E-state index is 0.0572. The first-order chi connectivity index (χ1) is 16.5. The quantitative estimate of drug-likeness (QED) is 0.400. The topological polar surface area (TPSA) is 58.4 Å². The van der Waals surface area contributed by atoms with Gasteiger partial charge in [-0.3, -0.25) is 14.2 Å². The Morgan fingerprint density at radius 3 is 2.59 bits per heavy atom. The van der Waals surface area contributed by atoms with Gasteiger partial charge in [0.05, 0.1) is 11.7 Å². The molecule has 3 heterocycles. The van der Waals surface area contributed by atoms with E-state index in [-0.39, 0.29) is 17.9 Å². The fourth-order valence-electron chi connectivity index (χ4n) is 4.33. The molecular formula is C26H25ClN4O2S. The lowest BCUT2D eigenvalue weighted by Gasteiger charge is -2.36. The average Bonchev–Trinajstić information content (AvgIpc) is 3.29. The second-order valence-electron chi connectivity index (χ2n) is 8.54. The third-order valence-corrected chi connectivity index (χ3v) is 7.42. The van der Waals surface area contributed by atoms with Gasteiger partial charge in [-0.25, -0.2) is 4.98 Å². The van der Waals surface area contributed by atoms with Gasteiger partial charge >= 0.3 is 0 Å². The molecule has 5 rings (SSSR count). The van der Waals surface area contributed by atoms with E-state index in [0.717, 1.165) is 34.7 Å². The molecule has 174 valence electrons. The molecule has 0 bridgehead atoms. The molecule has 1 aliphatic heterocycles. The number of benzene rings is 2. The van der Waals surface area contributed by atoms with Crippen molar-refractivity contribution in [2.24, 2.45) is 0 Å². The van der Waals surface area contributed by atoms with Gasteiger partial charge in [0.15, 0.2) is 0 Å². The van der Waals surface area contributed by atoms with Crippen molar-refractivity contribution in [3.05, 3.63) is 81.2 Å². The van der Waals surface area contributed by atoms with Crippen molar-refractivity contribution < 1.29 is 4.79 Å². The SMILES string of the molecule is Cc1ccc(-c2csc3ncn(CCC(=O)N4CCN(c5cccc(Cl)c5)CC4)c(=O)c23)cc1. The number of carbonyl (C=O) groups excluding carboxylic acids is 1. The van der Waals surface area contributed by atoms with E-state index < -0.39 is 0 Å². The molecular weight excluding hydrogens is 468 g/mol. The number of halogens is 1. The summed E-state index contributed by atoms with van der Waals surface area (Å²) in [6, 6.07) is 15.9. The van der Waals surface area contributed by atoms with Crippen LogP contribution < -0.4 is 10.5 Å². The molecule has 1 aliphatic rings. The highest BCUT2D eigenvalue weighted by molar-refractivity contribution is 7.17.